The SMILES string of the molecule is CCCn1nc(C)c(-c2cnc(OC)c(-c3cnc(N4CC(F)C4)nc3CN3C(=O)O[C@H](c4cc(C(F)(F)F)cc(C(F)(F)F)c4)[C@@H]3C)c2)c1C. The van der Waals surface area contributed by atoms with Gasteiger partial charge in [0, 0.05) is 46.9 Å². The van der Waals surface area contributed by atoms with Gasteiger partial charge in [-0.1, -0.05) is 6.92 Å². The Labute approximate surface area is 288 Å². The summed E-state index contributed by atoms with van der Waals surface area (Å²) in [6, 6.07) is 1.90. The molecule has 2 fully saturated rings. The number of alkyl halides is 7. The summed E-state index contributed by atoms with van der Waals surface area (Å²) in [5, 5.41) is 4.66. The van der Waals surface area contributed by atoms with Gasteiger partial charge < -0.3 is 14.4 Å². The summed E-state index contributed by atoms with van der Waals surface area (Å²) < 4.78 is 109. The van der Waals surface area contributed by atoms with Crippen molar-refractivity contribution in [3.63, 3.8) is 0 Å². The van der Waals surface area contributed by atoms with Gasteiger partial charge >= 0.3 is 18.4 Å². The number of carbonyl (C=O) groups is 1. The van der Waals surface area contributed by atoms with E-state index in [2.05, 4.69) is 20.1 Å². The maximum Gasteiger partial charge on any atom is 0.416 e. The summed E-state index contributed by atoms with van der Waals surface area (Å²) in [4.78, 5) is 29.7. The lowest BCUT2D eigenvalue weighted by atomic mass is 9.97. The zero-order chi connectivity index (χ0) is 37.0. The Balaban J connectivity index is 1.42. The average molecular weight is 722 g/mol. The van der Waals surface area contributed by atoms with Gasteiger partial charge in [0.15, 0.2) is 0 Å². The second-order valence-electron chi connectivity index (χ2n) is 12.6. The minimum absolute atomic E-state index is 0.0164. The number of rotatable bonds is 9. The van der Waals surface area contributed by atoms with Gasteiger partial charge in [-0.3, -0.25) is 9.58 Å². The molecule has 2 saturated heterocycles. The van der Waals surface area contributed by atoms with Gasteiger partial charge in [-0.2, -0.15) is 31.4 Å². The van der Waals surface area contributed by atoms with E-state index in [-0.39, 0.29) is 43.2 Å². The van der Waals surface area contributed by atoms with Crippen LogP contribution in [0.15, 0.2) is 36.7 Å². The van der Waals surface area contributed by atoms with Crippen LogP contribution < -0.4 is 9.64 Å². The Morgan fingerprint density at radius 1 is 0.961 bits per heavy atom. The molecule has 1 amide bonds. The number of aromatic nitrogens is 5. The normalized spacial score (nSPS) is 18.3. The van der Waals surface area contributed by atoms with Crippen LogP contribution in [0.3, 0.4) is 0 Å². The first-order valence-corrected chi connectivity index (χ1v) is 16.1. The molecule has 0 unspecified atom stereocenters. The molecular formula is C34H34F7N7O3. The number of benzene rings is 1. The molecule has 5 heterocycles. The lowest BCUT2D eigenvalue weighted by Crippen LogP contribution is -2.49. The van der Waals surface area contributed by atoms with E-state index in [0.717, 1.165) is 28.3 Å². The number of hydrogen-bond donors (Lipinski definition) is 0. The van der Waals surface area contributed by atoms with Gasteiger partial charge in [-0.05, 0) is 57.0 Å². The number of ether oxygens (including phenoxy) is 2. The van der Waals surface area contributed by atoms with E-state index in [1.54, 1.807) is 11.1 Å². The van der Waals surface area contributed by atoms with Crippen molar-refractivity contribution in [3.05, 3.63) is 70.4 Å². The van der Waals surface area contributed by atoms with Crippen molar-refractivity contribution in [2.75, 3.05) is 25.1 Å². The molecule has 4 aromatic rings. The van der Waals surface area contributed by atoms with Crippen molar-refractivity contribution in [3.8, 4) is 28.1 Å². The molecular weight excluding hydrogens is 687 g/mol. The zero-order valence-electron chi connectivity index (χ0n) is 28.2. The van der Waals surface area contributed by atoms with Crippen LogP contribution in [0.5, 0.6) is 5.88 Å². The van der Waals surface area contributed by atoms with Crippen LogP contribution in [-0.4, -0.2) is 68.1 Å². The Morgan fingerprint density at radius 2 is 1.63 bits per heavy atom. The summed E-state index contributed by atoms with van der Waals surface area (Å²) in [5.74, 6) is 0.363. The Morgan fingerprint density at radius 3 is 2.22 bits per heavy atom. The fourth-order valence-electron chi connectivity index (χ4n) is 6.45. The molecule has 0 saturated carbocycles. The highest BCUT2D eigenvalue weighted by Crippen LogP contribution is 2.42. The number of cyclic esters (lactones) is 1. The number of carbonyl (C=O) groups excluding carboxylic acids is 1. The van der Waals surface area contributed by atoms with Gasteiger partial charge in [0.05, 0.1) is 55.3 Å². The predicted molar refractivity (Wildman–Crippen MR) is 171 cm³/mol. The van der Waals surface area contributed by atoms with Gasteiger partial charge in [-0.15, -0.1) is 0 Å². The highest BCUT2D eigenvalue weighted by Gasteiger charge is 2.44. The molecule has 51 heavy (non-hydrogen) atoms. The number of pyridine rings is 1. The van der Waals surface area contributed by atoms with E-state index in [4.69, 9.17) is 9.47 Å². The van der Waals surface area contributed by atoms with E-state index in [0.29, 0.717) is 35.4 Å². The van der Waals surface area contributed by atoms with Crippen LogP contribution in [0.25, 0.3) is 22.3 Å². The topological polar surface area (TPSA) is 98.5 Å². The van der Waals surface area contributed by atoms with Crippen molar-refractivity contribution in [2.45, 2.75) is 77.9 Å². The average Bonchev–Trinajstić information content (AvgIpc) is 3.50. The van der Waals surface area contributed by atoms with Crippen LogP contribution in [0, 0.1) is 13.8 Å². The van der Waals surface area contributed by atoms with Gasteiger partial charge in [0.2, 0.25) is 11.8 Å². The van der Waals surface area contributed by atoms with E-state index in [9.17, 15) is 35.5 Å². The first-order chi connectivity index (χ1) is 24.0. The lowest BCUT2D eigenvalue weighted by molar-refractivity contribution is -0.143. The molecule has 0 bridgehead atoms. The quantitative estimate of drug-likeness (QED) is 0.162. The fraction of sp³-hybridized carbons (Fsp3) is 0.441. The van der Waals surface area contributed by atoms with E-state index >= 15 is 0 Å². The van der Waals surface area contributed by atoms with Crippen molar-refractivity contribution >= 4 is 12.0 Å². The number of halogens is 7. The Kier molecular flexibility index (Phi) is 9.35. The second-order valence-corrected chi connectivity index (χ2v) is 12.6. The largest absolute Gasteiger partial charge is 0.481 e. The van der Waals surface area contributed by atoms with E-state index < -0.39 is 53.5 Å². The Bertz CT molecular complexity index is 1930. The minimum atomic E-state index is -5.09. The smallest absolute Gasteiger partial charge is 0.416 e. The summed E-state index contributed by atoms with van der Waals surface area (Å²) in [5.41, 5.74) is 0.784. The van der Waals surface area contributed by atoms with Gasteiger partial charge in [-0.25, -0.2) is 24.1 Å². The maximum atomic E-state index is 13.8. The van der Waals surface area contributed by atoms with Crippen molar-refractivity contribution in [1.82, 2.24) is 29.6 Å². The third kappa shape index (κ3) is 6.89. The molecule has 2 aliphatic heterocycles. The molecule has 6 rings (SSSR count). The number of nitrogens with zero attached hydrogens (tertiary/aromatic N) is 7. The second kappa shape index (κ2) is 13.3. The molecule has 0 aliphatic carbocycles. The number of anilines is 1. The molecule has 2 atom stereocenters. The Hall–Kier alpha value is -4.96. The van der Waals surface area contributed by atoms with Crippen LogP contribution in [0.4, 0.5) is 41.5 Å². The minimum Gasteiger partial charge on any atom is -0.481 e. The standard InChI is InChI=1S/C34H34F7N7O3/c1-6-7-48-18(3)28(17(2)45-48)21-10-25(30(50-5)42-12-21)26-13-43-31(46-14-24(35)15-46)44-27(26)16-47-19(4)29(51-32(47)49)20-8-22(33(36,37)38)11-23(9-20)34(39,40)41/h8-13,19,24,29H,6-7,14-16H2,1-5H3/t19-,29-/m0/s1. The third-order valence-electron chi connectivity index (χ3n) is 9.07. The van der Waals surface area contributed by atoms with Crippen LogP contribution in [-0.2, 0) is 30.2 Å². The number of aryl methyl sites for hydroxylation is 2. The molecule has 17 heteroatoms. The summed E-state index contributed by atoms with van der Waals surface area (Å²) in [6.07, 6.45) is -9.71. The predicted octanol–water partition coefficient (Wildman–Crippen LogP) is 7.72. The van der Waals surface area contributed by atoms with Crippen molar-refractivity contribution in [1.29, 1.82) is 0 Å². The van der Waals surface area contributed by atoms with Gasteiger partial charge in [0.25, 0.3) is 0 Å². The van der Waals surface area contributed by atoms with E-state index in [1.807, 2.05) is 31.5 Å². The first-order valence-electron chi connectivity index (χ1n) is 16.1. The summed E-state index contributed by atoms with van der Waals surface area (Å²) >= 11 is 0. The molecule has 1 aromatic carbocycles. The van der Waals surface area contributed by atoms with Crippen molar-refractivity contribution < 1.29 is 45.0 Å². The van der Waals surface area contributed by atoms with Gasteiger partial charge in [0.1, 0.15) is 12.3 Å². The number of amides is 1. The highest BCUT2D eigenvalue weighted by molar-refractivity contribution is 5.79. The molecule has 0 radical (unpaired) electrons. The van der Waals surface area contributed by atoms with E-state index in [1.165, 1.54) is 20.2 Å². The van der Waals surface area contributed by atoms with Crippen molar-refractivity contribution in [2.24, 2.45) is 0 Å². The maximum absolute atomic E-state index is 13.8. The molecule has 10 nitrogen and oxygen atoms in total. The summed E-state index contributed by atoms with van der Waals surface area (Å²) in [7, 11) is 1.42. The molecule has 3 aromatic heterocycles. The monoisotopic (exact) mass is 721 g/mol. The molecule has 0 N–H and O–H groups in total. The highest BCUT2D eigenvalue weighted by atomic mass is 19.4. The first kappa shape index (κ1) is 35.9. The number of methoxy groups -OCH3 is 1. The molecule has 0 spiro atoms. The summed E-state index contributed by atoms with van der Waals surface area (Å²) in [6.45, 7) is 7.83. The zero-order valence-corrected chi connectivity index (χ0v) is 28.2. The molecule has 272 valence electrons. The van der Waals surface area contributed by atoms with Crippen LogP contribution in [0.1, 0.15) is 60.1 Å². The lowest BCUT2D eigenvalue weighted by Gasteiger charge is -2.34. The van der Waals surface area contributed by atoms with Crippen LogP contribution >= 0.6 is 0 Å². The third-order valence-corrected chi connectivity index (χ3v) is 9.07. The van der Waals surface area contributed by atoms with Crippen LogP contribution in [0.2, 0.25) is 0 Å². The molecule has 2 aliphatic rings. The number of hydrogen-bond acceptors (Lipinski definition) is 8. The fourth-order valence-corrected chi connectivity index (χ4v) is 6.45.